The fraction of sp³-hybridized carbons (Fsp3) is 0.538. The molecular weight excluding hydrogens is 362 g/mol. The number of carbonyl (C=O) groups is 2. The number of hydrogen-bond acceptors (Lipinski definition) is 7. The van der Waals surface area contributed by atoms with E-state index in [2.05, 4.69) is 0 Å². The van der Waals surface area contributed by atoms with Crippen LogP contribution in [0.5, 0.6) is 0 Å². The lowest BCUT2D eigenvalue weighted by Gasteiger charge is -2.18. The minimum atomic E-state index is -4.19. The minimum Gasteiger partial charge on any atom is -0.462 e. The van der Waals surface area contributed by atoms with Crippen LogP contribution < -0.4 is 0 Å². The molecular formula is C13H21NO8S2. The van der Waals surface area contributed by atoms with Gasteiger partial charge < -0.3 is 14.2 Å². The van der Waals surface area contributed by atoms with E-state index in [9.17, 15) is 22.2 Å². The van der Waals surface area contributed by atoms with Gasteiger partial charge in [-0.3, -0.25) is 9.35 Å². The summed E-state index contributed by atoms with van der Waals surface area (Å²) in [5, 5.41) is 0. The Morgan fingerprint density at radius 3 is 2.38 bits per heavy atom. The Balaban J connectivity index is 5.09. The van der Waals surface area contributed by atoms with Crippen molar-refractivity contribution in [2.45, 2.75) is 13.8 Å². The molecule has 0 aliphatic heterocycles. The third kappa shape index (κ3) is 11.0. The highest BCUT2D eigenvalue weighted by Gasteiger charge is 2.14. The molecule has 0 rings (SSSR count). The third-order valence-corrected chi connectivity index (χ3v) is 3.85. The molecule has 0 saturated heterocycles. The second-order valence-electron chi connectivity index (χ2n) is 4.55. The summed E-state index contributed by atoms with van der Waals surface area (Å²) >= 11 is -2.07. The zero-order valence-corrected chi connectivity index (χ0v) is 15.0. The predicted octanol–water partition coefficient (Wildman–Crippen LogP) is -0.00990. The summed E-state index contributed by atoms with van der Waals surface area (Å²) in [6, 6.07) is 0. The van der Waals surface area contributed by atoms with Gasteiger partial charge in [0, 0.05) is 13.1 Å². The number of ether oxygens (including phenoxy) is 1. The van der Waals surface area contributed by atoms with Gasteiger partial charge in [-0.25, -0.2) is 9.00 Å². The van der Waals surface area contributed by atoms with Crippen LogP contribution in [0.15, 0.2) is 23.9 Å². The van der Waals surface area contributed by atoms with Crippen LogP contribution in [-0.2, 0) is 35.5 Å². The van der Waals surface area contributed by atoms with Crippen molar-refractivity contribution in [1.29, 1.82) is 0 Å². The summed E-state index contributed by atoms with van der Waals surface area (Å²) < 4.78 is 54.6. The zero-order chi connectivity index (χ0) is 18.8. The van der Waals surface area contributed by atoms with Gasteiger partial charge in [0.25, 0.3) is 10.1 Å². The highest BCUT2D eigenvalue weighted by molar-refractivity contribution is 7.85. The first kappa shape index (κ1) is 22.4. The van der Waals surface area contributed by atoms with E-state index in [1.54, 1.807) is 6.92 Å². The van der Waals surface area contributed by atoms with Crippen LogP contribution in [0.3, 0.4) is 0 Å². The summed E-state index contributed by atoms with van der Waals surface area (Å²) in [6.07, 6.45) is 3.87. The van der Waals surface area contributed by atoms with Crippen molar-refractivity contribution in [3.8, 4) is 0 Å². The van der Waals surface area contributed by atoms with E-state index in [1.165, 1.54) is 30.2 Å². The molecule has 0 spiro atoms. The number of allylic oxidation sites excluding steroid dienone is 2. The molecule has 0 aromatic rings. The molecule has 138 valence electrons. The van der Waals surface area contributed by atoms with Gasteiger partial charge in [-0.15, -0.1) is 0 Å². The Bertz CT molecular complexity index is 624. The normalized spacial score (nSPS) is 13.8. The molecule has 0 bridgehead atoms. The highest BCUT2D eigenvalue weighted by atomic mass is 32.2. The fourth-order valence-electron chi connectivity index (χ4n) is 1.49. The minimum absolute atomic E-state index is 0.0395. The van der Waals surface area contributed by atoms with Crippen molar-refractivity contribution >= 4 is 33.0 Å². The molecule has 0 heterocycles. The molecule has 1 unspecified atom stereocenters. The quantitative estimate of drug-likeness (QED) is 0.0959. The van der Waals surface area contributed by atoms with E-state index in [0.29, 0.717) is 0 Å². The first-order valence-electron chi connectivity index (χ1n) is 6.90. The molecule has 1 atom stereocenters. The lowest BCUT2D eigenvalue weighted by atomic mass is 10.2. The molecule has 9 nitrogen and oxygen atoms in total. The molecule has 0 aromatic heterocycles. The highest BCUT2D eigenvalue weighted by Crippen LogP contribution is 2.02. The number of hydrogen-bond donors (Lipinski definition) is 2. The Labute approximate surface area is 143 Å². The van der Waals surface area contributed by atoms with Gasteiger partial charge in [0.15, 0.2) is 16.9 Å². The van der Waals surface area contributed by atoms with Gasteiger partial charge >= 0.3 is 5.97 Å². The summed E-state index contributed by atoms with van der Waals surface area (Å²) in [7, 11) is -4.19. The van der Waals surface area contributed by atoms with E-state index in [0.717, 1.165) is 0 Å². The second-order valence-corrected chi connectivity index (χ2v) is 7.17. The van der Waals surface area contributed by atoms with Crippen LogP contribution in [0, 0.1) is 0 Å². The standard InChI is InChI=1S/C13H21NO8S2/c1-3-22-13(16)12(11(2)15)5-4-6-14(7-9-23(17)18)8-10-24(19,20)21/h4-6H,3,7-10H2,1-2H3,(H,17,18)(H,19,20,21). The van der Waals surface area contributed by atoms with Crippen molar-refractivity contribution in [2.75, 3.05) is 31.2 Å². The SMILES string of the molecule is CCOC(=O)C(=CC=CN(CCS(=O)O)CCS(=O)(=O)O)C(C)=O. The number of carbonyl (C=O) groups excluding carboxylic acids is 2. The van der Waals surface area contributed by atoms with Crippen molar-refractivity contribution in [1.82, 2.24) is 4.90 Å². The first-order valence-corrected chi connectivity index (χ1v) is 9.78. The van der Waals surface area contributed by atoms with E-state index in [4.69, 9.17) is 13.8 Å². The topological polar surface area (TPSA) is 138 Å². The van der Waals surface area contributed by atoms with Gasteiger partial charge in [-0.2, -0.15) is 8.42 Å². The van der Waals surface area contributed by atoms with Crippen molar-refractivity contribution in [3.05, 3.63) is 23.9 Å². The lowest BCUT2D eigenvalue weighted by Crippen LogP contribution is -2.28. The van der Waals surface area contributed by atoms with Crippen LogP contribution in [0.1, 0.15) is 13.8 Å². The maximum absolute atomic E-state index is 11.6. The average Bonchev–Trinajstić information content (AvgIpc) is 2.43. The summed E-state index contributed by atoms with van der Waals surface area (Å²) in [4.78, 5) is 24.4. The van der Waals surface area contributed by atoms with Crippen molar-refractivity contribution < 1.29 is 36.1 Å². The van der Waals surface area contributed by atoms with Gasteiger partial charge in [-0.05, 0) is 32.2 Å². The van der Waals surface area contributed by atoms with E-state index >= 15 is 0 Å². The Morgan fingerprint density at radius 2 is 1.92 bits per heavy atom. The van der Waals surface area contributed by atoms with E-state index < -0.39 is 38.7 Å². The summed E-state index contributed by atoms with van der Waals surface area (Å²) in [5.74, 6) is -2.00. The first-order chi connectivity index (χ1) is 11.1. The van der Waals surface area contributed by atoms with Crippen LogP contribution in [-0.4, -0.2) is 69.6 Å². The number of rotatable bonds is 11. The average molecular weight is 383 g/mol. The van der Waals surface area contributed by atoms with Gasteiger partial charge in [0.1, 0.15) is 5.57 Å². The molecule has 11 heteroatoms. The van der Waals surface area contributed by atoms with Crippen LogP contribution in [0.2, 0.25) is 0 Å². The van der Waals surface area contributed by atoms with Crippen LogP contribution in [0.25, 0.3) is 0 Å². The molecule has 0 aliphatic carbocycles. The Morgan fingerprint density at radius 1 is 1.29 bits per heavy atom. The lowest BCUT2D eigenvalue weighted by molar-refractivity contribution is -0.139. The molecule has 0 aliphatic rings. The second kappa shape index (κ2) is 11.1. The molecule has 0 fully saturated rings. The van der Waals surface area contributed by atoms with Gasteiger partial charge in [0.2, 0.25) is 0 Å². The maximum Gasteiger partial charge on any atom is 0.341 e. The monoisotopic (exact) mass is 383 g/mol. The molecule has 0 amide bonds. The Hall–Kier alpha value is -1.56. The van der Waals surface area contributed by atoms with Crippen molar-refractivity contribution in [3.63, 3.8) is 0 Å². The number of esters is 1. The largest absolute Gasteiger partial charge is 0.462 e. The summed E-state index contributed by atoms with van der Waals surface area (Å²) in [6.45, 7) is 2.81. The molecule has 2 N–H and O–H groups in total. The van der Waals surface area contributed by atoms with Gasteiger partial charge in [-0.1, -0.05) is 0 Å². The zero-order valence-electron chi connectivity index (χ0n) is 13.4. The third-order valence-electron chi connectivity index (χ3n) is 2.62. The molecule has 24 heavy (non-hydrogen) atoms. The van der Waals surface area contributed by atoms with E-state index in [1.807, 2.05) is 0 Å². The summed E-state index contributed by atoms with van der Waals surface area (Å²) in [5.41, 5.74) is -0.187. The van der Waals surface area contributed by atoms with Crippen LogP contribution >= 0.6 is 0 Å². The van der Waals surface area contributed by atoms with Gasteiger partial charge in [0.05, 0.1) is 18.1 Å². The molecule has 0 saturated carbocycles. The predicted molar refractivity (Wildman–Crippen MR) is 88.2 cm³/mol. The smallest absolute Gasteiger partial charge is 0.341 e. The van der Waals surface area contributed by atoms with E-state index in [-0.39, 0.29) is 31.0 Å². The fourth-order valence-corrected chi connectivity index (χ4v) is 2.34. The molecule has 0 radical (unpaired) electrons. The van der Waals surface area contributed by atoms with Crippen LogP contribution in [0.4, 0.5) is 0 Å². The maximum atomic E-state index is 11.6. The number of nitrogens with zero attached hydrogens (tertiary/aromatic N) is 1. The number of Topliss-reactive ketones (excluding diaryl/α,β-unsaturated/α-hetero) is 1. The Kier molecular flexibility index (Phi) is 10.4. The van der Waals surface area contributed by atoms with Crippen molar-refractivity contribution in [2.24, 2.45) is 0 Å². The number of ketones is 1. The molecule has 0 aromatic carbocycles.